The molecule has 1 aromatic heterocycles. The maximum Gasteiger partial charge on any atom is 0.336 e. The molecule has 0 N–H and O–H groups in total. The van der Waals surface area contributed by atoms with Crippen LogP contribution in [-0.2, 0) is 29.1 Å². The third kappa shape index (κ3) is 3.77. The SMILES string of the molecule is C=CCn1c(=O)n(CC=C)c(=O)n(CCOC2CCCO2)c1=O. The van der Waals surface area contributed by atoms with Crippen molar-refractivity contribution < 1.29 is 9.47 Å². The minimum atomic E-state index is -0.670. The summed E-state index contributed by atoms with van der Waals surface area (Å²) in [7, 11) is 0. The molecule has 1 unspecified atom stereocenters. The van der Waals surface area contributed by atoms with Crippen LogP contribution in [0, 0.1) is 0 Å². The Kier molecular flexibility index (Phi) is 5.89. The molecular formula is C15H21N3O5. The van der Waals surface area contributed by atoms with Gasteiger partial charge in [0.25, 0.3) is 0 Å². The number of rotatable bonds is 8. The topological polar surface area (TPSA) is 84.5 Å². The van der Waals surface area contributed by atoms with Crippen LogP contribution in [0.1, 0.15) is 12.8 Å². The summed E-state index contributed by atoms with van der Waals surface area (Å²) in [6.45, 7) is 7.96. The lowest BCUT2D eigenvalue weighted by Crippen LogP contribution is -2.54. The fraction of sp³-hybridized carbons (Fsp3) is 0.533. The molecule has 0 spiro atoms. The molecule has 8 nitrogen and oxygen atoms in total. The zero-order chi connectivity index (χ0) is 16.8. The average Bonchev–Trinajstić information content (AvgIpc) is 3.05. The van der Waals surface area contributed by atoms with Crippen LogP contribution in [0.3, 0.4) is 0 Å². The summed E-state index contributed by atoms with van der Waals surface area (Å²) in [4.78, 5) is 36.9. The van der Waals surface area contributed by atoms with Crippen molar-refractivity contribution in [3.8, 4) is 0 Å². The van der Waals surface area contributed by atoms with Crippen molar-refractivity contribution in [2.24, 2.45) is 0 Å². The quantitative estimate of drug-likeness (QED) is 0.613. The van der Waals surface area contributed by atoms with Crippen molar-refractivity contribution in [2.45, 2.75) is 38.8 Å². The Bertz CT molecular complexity index is 689. The zero-order valence-electron chi connectivity index (χ0n) is 13.0. The van der Waals surface area contributed by atoms with Crippen molar-refractivity contribution in [3.63, 3.8) is 0 Å². The lowest BCUT2D eigenvalue weighted by Gasteiger charge is -2.14. The molecule has 0 saturated carbocycles. The highest BCUT2D eigenvalue weighted by molar-refractivity contribution is 4.84. The van der Waals surface area contributed by atoms with Crippen LogP contribution in [0.2, 0.25) is 0 Å². The number of hydrogen-bond donors (Lipinski definition) is 0. The van der Waals surface area contributed by atoms with E-state index in [0.717, 1.165) is 26.5 Å². The van der Waals surface area contributed by atoms with Gasteiger partial charge in [-0.15, -0.1) is 13.2 Å². The van der Waals surface area contributed by atoms with Gasteiger partial charge in [-0.2, -0.15) is 0 Å². The van der Waals surface area contributed by atoms with E-state index in [1.165, 1.54) is 12.2 Å². The fourth-order valence-electron chi connectivity index (χ4n) is 2.40. The Morgan fingerprint density at radius 3 is 2.09 bits per heavy atom. The van der Waals surface area contributed by atoms with Crippen molar-refractivity contribution in [2.75, 3.05) is 13.2 Å². The highest BCUT2D eigenvalue weighted by Gasteiger charge is 2.17. The van der Waals surface area contributed by atoms with Crippen molar-refractivity contribution in [1.82, 2.24) is 13.7 Å². The number of hydrogen-bond acceptors (Lipinski definition) is 5. The Balaban J connectivity index is 2.30. The van der Waals surface area contributed by atoms with Gasteiger partial charge in [-0.1, -0.05) is 12.2 Å². The van der Waals surface area contributed by atoms with Gasteiger partial charge in [0.15, 0.2) is 6.29 Å². The lowest BCUT2D eigenvalue weighted by molar-refractivity contribution is -0.113. The van der Waals surface area contributed by atoms with Crippen LogP contribution in [0.15, 0.2) is 39.7 Å². The monoisotopic (exact) mass is 323 g/mol. The van der Waals surface area contributed by atoms with E-state index in [0.29, 0.717) is 6.61 Å². The van der Waals surface area contributed by atoms with Gasteiger partial charge in [0.2, 0.25) is 0 Å². The average molecular weight is 323 g/mol. The van der Waals surface area contributed by atoms with E-state index >= 15 is 0 Å². The predicted octanol–water partition coefficient (Wildman–Crippen LogP) is -0.303. The van der Waals surface area contributed by atoms with Crippen LogP contribution in [0.5, 0.6) is 0 Å². The molecule has 0 aliphatic carbocycles. The number of allylic oxidation sites excluding steroid dienone is 2. The van der Waals surface area contributed by atoms with Gasteiger partial charge < -0.3 is 9.47 Å². The molecule has 1 aromatic rings. The van der Waals surface area contributed by atoms with E-state index in [1.54, 1.807) is 0 Å². The summed E-state index contributed by atoms with van der Waals surface area (Å²) in [5.74, 6) is 0. The molecule has 0 bridgehead atoms. The third-order valence-corrected chi connectivity index (χ3v) is 3.52. The molecule has 1 atom stereocenters. The Hall–Kier alpha value is -2.19. The van der Waals surface area contributed by atoms with Crippen LogP contribution >= 0.6 is 0 Å². The Morgan fingerprint density at radius 1 is 1.04 bits per heavy atom. The Morgan fingerprint density at radius 2 is 1.61 bits per heavy atom. The van der Waals surface area contributed by atoms with Crippen LogP contribution in [0.25, 0.3) is 0 Å². The first-order chi connectivity index (χ1) is 11.1. The van der Waals surface area contributed by atoms with E-state index in [2.05, 4.69) is 13.2 Å². The molecule has 0 amide bonds. The lowest BCUT2D eigenvalue weighted by atomic mass is 10.4. The molecule has 1 fully saturated rings. The standard InChI is InChI=1S/C15H21N3O5/c1-3-7-16-13(19)17(8-4-2)15(21)18(14(16)20)9-11-23-12-6-5-10-22-12/h3-4,12H,1-2,5-11H2. The van der Waals surface area contributed by atoms with E-state index in [1.807, 2.05) is 0 Å². The maximum atomic E-state index is 12.3. The summed E-state index contributed by atoms with van der Waals surface area (Å²) in [5.41, 5.74) is -2.01. The van der Waals surface area contributed by atoms with Crippen molar-refractivity contribution in [3.05, 3.63) is 56.8 Å². The first kappa shape index (κ1) is 17.2. The van der Waals surface area contributed by atoms with Gasteiger partial charge in [0.05, 0.1) is 26.2 Å². The molecule has 0 radical (unpaired) electrons. The van der Waals surface area contributed by atoms with Gasteiger partial charge in [-0.3, -0.25) is 0 Å². The summed E-state index contributed by atoms with van der Waals surface area (Å²) >= 11 is 0. The molecule has 2 rings (SSSR count). The molecule has 8 heteroatoms. The van der Waals surface area contributed by atoms with E-state index in [-0.39, 0.29) is 32.5 Å². The van der Waals surface area contributed by atoms with E-state index in [9.17, 15) is 14.4 Å². The minimum Gasteiger partial charge on any atom is -0.353 e. The van der Waals surface area contributed by atoms with Gasteiger partial charge in [-0.05, 0) is 6.42 Å². The molecular weight excluding hydrogens is 302 g/mol. The first-order valence-corrected chi connectivity index (χ1v) is 7.49. The summed E-state index contributed by atoms with van der Waals surface area (Å²) in [6, 6.07) is 0. The normalized spacial score (nSPS) is 17.3. The molecule has 126 valence electrons. The Labute approximate surface area is 132 Å². The smallest absolute Gasteiger partial charge is 0.336 e. The van der Waals surface area contributed by atoms with Gasteiger partial charge in [0.1, 0.15) is 0 Å². The molecule has 23 heavy (non-hydrogen) atoms. The van der Waals surface area contributed by atoms with Gasteiger partial charge in [-0.25, -0.2) is 28.1 Å². The molecule has 1 aliphatic heterocycles. The highest BCUT2D eigenvalue weighted by Crippen LogP contribution is 2.12. The summed E-state index contributed by atoms with van der Waals surface area (Å²) in [6.07, 6.45) is 4.30. The van der Waals surface area contributed by atoms with Gasteiger partial charge >= 0.3 is 17.1 Å². The number of ether oxygens (including phenoxy) is 2. The predicted molar refractivity (Wildman–Crippen MR) is 84.5 cm³/mol. The van der Waals surface area contributed by atoms with Gasteiger partial charge in [0, 0.05) is 13.0 Å². The molecule has 2 heterocycles. The second-order valence-corrected chi connectivity index (χ2v) is 5.11. The number of nitrogens with zero attached hydrogens (tertiary/aromatic N) is 3. The minimum absolute atomic E-state index is 0.0294. The second-order valence-electron chi connectivity index (χ2n) is 5.11. The first-order valence-electron chi connectivity index (χ1n) is 7.49. The number of aromatic nitrogens is 3. The summed E-state index contributed by atoms with van der Waals surface area (Å²) < 4.78 is 13.7. The molecule has 1 aliphatic rings. The van der Waals surface area contributed by atoms with Crippen molar-refractivity contribution in [1.29, 1.82) is 0 Å². The molecule has 1 saturated heterocycles. The highest BCUT2D eigenvalue weighted by atomic mass is 16.7. The zero-order valence-corrected chi connectivity index (χ0v) is 13.0. The van der Waals surface area contributed by atoms with E-state index in [4.69, 9.17) is 9.47 Å². The fourth-order valence-corrected chi connectivity index (χ4v) is 2.40. The van der Waals surface area contributed by atoms with Crippen LogP contribution in [0.4, 0.5) is 0 Å². The van der Waals surface area contributed by atoms with Crippen molar-refractivity contribution >= 4 is 0 Å². The maximum absolute atomic E-state index is 12.3. The molecule has 0 aromatic carbocycles. The summed E-state index contributed by atoms with van der Waals surface area (Å²) in [5, 5.41) is 0. The third-order valence-electron chi connectivity index (χ3n) is 3.52. The van der Waals surface area contributed by atoms with E-state index < -0.39 is 17.1 Å². The van der Waals surface area contributed by atoms with Crippen LogP contribution in [-0.4, -0.2) is 33.2 Å². The largest absolute Gasteiger partial charge is 0.353 e. The second kappa shape index (κ2) is 7.89. The van der Waals surface area contributed by atoms with Crippen LogP contribution < -0.4 is 17.1 Å².